The third-order valence-electron chi connectivity index (χ3n) is 4.76. The number of H-pyrrole nitrogens is 2. The zero-order chi connectivity index (χ0) is 16.0. The van der Waals surface area contributed by atoms with Gasteiger partial charge in [-0.3, -0.25) is 9.89 Å². The SMILES string of the molecule is CO[C@@H]1C[C@@H](c2n[nH]c(C)n2)N(C(=O)c2cc[nH]c2C2CC2)C1. The van der Waals surface area contributed by atoms with Gasteiger partial charge in [-0.2, -0.15) is 5.10 Å². The van der Waals surface area contributed by atoms with E-state index in [-0.39, 0.29) is 18.1 Å². The summed E-state index contributed by atoms with van der Waals surface area (Å²) in [5.41, 5.74) is 1.85. The highest BCUT2D eigenvalue weighted by molar-refractivity contribution is 5.96. The molecule has 0 bridgehead atoms. The van der Waals surface area contributed by atoms with Gasteiger partial charge in [0.1, 0.15) is 5.82 Å². The number of nitrogens with zero attached hydrogens (tertiary/aromatic N) is 3. The number of rotatable bonds is 4. The van der Waals surface area contributed by atoms with Crippen molar-refractivity contribution in [1.82, 2.24) is 25.1 Å². The molecule has 122 valence electrons. The first-order valence-corrected chi connectivity index (χ1v) is 8.07. The average molecular weight is 315 g/mol. The van der Waals surface area contributed by atoms with Gasteiger partial charge in [0.05, 0.1) is 17.7 Å². The molecule has 2 N–H and O–H groups in total. The van der Waals surface area contributed by atoms with Gasteiger partial charge in [0.15, 0.2) is 5.82 Å². The Kier molecular flexibility index (Phi) is 3.45. The van der Waals surface area contributed by atoms with Crippen LogP contribution in [0.25, 0.3) is 0 Å². The summed E-state index contributed by atoms with van der Waals surface area (Å²) in [6, 6.07) is 1.75. The fourth-order valence-corrected chi connectivity index (χ4v) is 3.38. The van der Waals surface area contributed by atoms with E-state index in [2.05, 4.69) is 20.2 Å². The molecule has 0 spiro atoms. The second-order valence-electron chi connectivity index (χ2n) is 6.43. The lowest BCUT2D eigenvalue weighted by atomic mass is 10.1. The van der Waals surface area contributed by atoms with Crippen molar-refractivity contribution in [2.75, 3.05) is 13.7 Å². The molecule has 23 heavy (non-hydrogen) atoms. The number of methoxy groups -OCH3 is 1. The summed E-state index contributed by atoms with van der Waals surface area (Å²) in [4.78, 5) is 22.6. The van der Waals surface area contributed by atoms with Crippen molar-refractivity contribution in [3.63, 3.8) is 0 Å². The average Bonchev–Trinajstić information content (AvgIpc) is 2.99. The fraction of sp³-hybridized carbons (Fsp3) is 0.562. The minimum Gasteiger partial charge on any atom is -0.380 e. The van der Waals surface area contributed by atoms with E-state index in [4.69, 9.17) is 4.74 Å². The molecule has 0 radical (unpaired) electrons. The highest BCUT2D eigenvalue weighted by Gasteiger charge is 2.40. The van der Waals surface area contributed by atoms with Gasteiger partial charge in [-0.05, 0) is 31.7 Å². The van der Waals surface area contributed by atoms with E-state index >= 15 is 0 Å². The van der Waals surface area contributed by atoms with Crippen LogP contribution in [0.15, 0.2) is 12.3 Å². The molecule has 1 saturated heterocycles. The molecular formula is C16H21N5O2. The van der Waals surface area contributed by atoms with E-state index in [0.717, 1.165) is 36.3 Å². The zero-order valence-electron chi connectivity index (χ0n) is 13.4. The van der Waals surface area contributed by atoms with E-state index in [1.54, 1.807) is 7.11 Å². The van der Waals surface area contributed by atoms with Gasteiger partial charge >= 0.3 is 0 Å². The maximum atomic E-state index is 13.1. The van der Waals surface area contributed by atoms with Crippen molar-refractivity contribution in [2.45, 2.75) is 44.2 Å². The number of aryl methyl sites for hydroxylation is 1. The van der Waals surface area contributed by atoms with Crippen LogP contribution in [0.1, 0.15) is 58.9 Å². The molecule has 2 aromatic heterocycles. The van der Waals surface area contributed by atoms with Crippen LogP contribution in [0, 0.1) is 6.92 Å². The number of ether oxygens (including phenoxy) is 1. The third kappa shape index (κ3) is 2.55. The number of carbonyl (C=O) groups is 1. The predicted octanol–water partition coefficient (Wildman–Crippen LogP) is 1.92. The minimum atomic E-state index is -0.139. The number of aromatic amines is 2. The molecule has 7 nitrogen and oxygen atoms in total. The lowest BCUT2D eigenvalue weighted by Gasteiger charge is -2.22. The highest BCUT2D eigenvalue weighted by Crippen LogP contribution is 2.42. The molecule has 0 unspecified atom stereocenters. The van der Waals surface area contributed by atoms with Gasteiger partial charge in [-0.1, -0.05) is 0 Å². The van der Waals surface area contributed by atoms with Crippen molar-refractivity contribution >= 4 is 5.91 Å². The van der Waals surface area contributed by atoms with E-state index in [9.17, 15) is 4.79 Å². The molecule has 1 aliphatic heterocycles. The molecular weight excluding hydrogens is 294 g/mol. The molecule has 0 aromatic carbocycles. The molecule has 1 saturated carbocycles. The Bertz CT molecular complexity index is 718. The standard InChI is InChI=1S/C16H21N5O2/c1-9-18-15(20-19-9)13-7-11(23-2)8-21(13)16(22)12-5-6-17-14(12)10-3-4-10/h5-6,10-11,13,17H,3-4,7-8H2,1-2H3,(H,18,19,20)/t11-,13+/m1/s1. The zero-order valence-corrected chi connectivity index (χ0v) is 13.4. The molecule has 1 amide bonds. The molecule has 2 atom stereocenters. The maximum absolute atomic E-state index is 13.1. The van der Waals surface area contributed by atoms with E-state index in [1.807, 2.05) is 24.1 Å². The lowest BCUT2D eigenvalue weighted by Crippen LogP contribution is -2.32. The Morgan fingerprint density at radius 1 is 1.43 bits per heavy atom. The van der Waals surface area contributed by atoms with Gasteiger partial charge in [0.2, 0.25) is 0 Å². The molecule has 7 heteroatoms. The largest absolute Gasteiger partial charge is 0.380 e. The third-order valence-corrected chi connectivity index (χ3v) is 4.76. The summed E-state index contributed by atoms with van der Waals surface area (Å²) in [7, 11) is 1.69. The van der Waals surface area contributed by atoms with Crippen LogP contribution >= 0.6 is 0 Å². The Balaban J connectivity index is 1.64. The van der Waals surface area contributed by atoms with Crippen LogP contribution in [0.3, 0.4) is 0 Å². The molecule has 2 aliphatic rings. The second kappa shape index (κ2) is 5.49. The van der Waals surface area contributed by atoms with Crippen LogP contribution in [0.2, 0.25) is 0 Å². The number of likely N-dealkylation sites (tertiary alicyclic amines) is 1. The first-order valence-electron chi connectivity index (χ1n) is 8.07. The van der Waals surface area contributed by atoms with Gasteiger partial charge in [0.25, 0.3) is 5.91 Å². The summed E-state index contributed by atoms with van der Waals surface area (Å²) < 4.78 is 5.49. The molecule has 1 aliphatic carbocycles. The van der Waals surface area contributed by atoms with Gasteiger partial charge in [-0.25, -0.2) is 4.98 Å². The first kappa shape index (κ1) is 14.4. The second-order valence-corrected chi connectivity index (χ2v) is 6.43. The topological polar surface area (TPSA) is 86.9 Å². The maximum Gasteiger partial charge on any atom is 0.256 e. The van der Waals surface area contributed by atoms with Gasteiger partial charge in [0, 0.05) is 32.0 Å². The Morgan fingerprint density at radius 3 is 2.91 bits per heavy atom. The van der Waals surface area contributed by atoms with E-state index in [1.165, 1.54) is 0 Å². The number of aromatic nitrogens is 4. The van der Waals surface area contributed by atoms with Crippen LogP contribution in [-0.4, -0.2) is 50.7 Å². The van der Waals surface area contributed by atoms with Crippen LogP contribution < -0.4 is 0 Å². The Morgan fingerprint density at radius 2 is 2.26 bits per heavy atom. The molecule has 2 fully saturated rings. The van der Waals surface area contributed by atoms with Crippen molar-refractivity contribution < 1.29 is 9.53 Å². The van der Waals surface area contributed by atoms with Crippen molar-refractivity contribution in [2.24, 2.45) is 0 Å². The van der Waals surface area contributed by atoms with Gasteiger partial charge < -0.3 is 14.6 Å². The fourth-order valence-electron chi connectivity index (χ4n) is 3.38. The van der Waals surface area contributed by atoms with E-state index in [0.29, 0.717) is 18.3 Å². The van der Waals surface area contributed by atoms with Crippen molar-refractivity contribution in [3.05, 3.63) is 35.2 Å². The molecule has 3 heterocycles. The normalized spacial score (nSPS) is 24.3. The number of amides is 1. The first-order chi connectivity index (χ1) is 11.2. The van der Waals surface area contributed by atoms with E-state index < -0.39 is 0 Å². The number of carbonyl (C=O) groups excluding carboxylic acids is 1. The smallest absolute Gasteiger partial charge is 0.256 e. The Hall–Kier alpha value is -2.15. The highest BCUT2D eigenvalue weighted by atomic mass is 16.5. The Labute approximate surface area is 134 Å². The number of hydrogen-bond donors (Lipinski definition) is 2. The van der Waals surface area contributed by atoms with Crippen molar-refractivity contribution in [1.29, 1.82) is 0 Å². The number of nitrogens with one attached hydrogen (secondary N) is 2. The lowest BCUT2D eigenvalue weighted by molar-refractivity contribution is 0.0683. The molecule has 4 rings (SSSR count). The van der Waals surface area contributed by atoms with Crippen molar-refractivity contribution in [3.8, 4) is 0 Å². The van der Waals surface area contributed by atoms with Crippen LogP contribution in [0.4, 0.5) is 0 Å². The monoisotopic (exact) mass is 315 g/mol. The summed E-state index contributed by atoms with van der Waals surface area (Å²) in [6.45, 7) is 2.44. The predicted molar refractivity (Wildman–Crippen MR) is 83.1 cm³/mol. The molecule has 2 aromatic rings. The van der Waals surface area contributed by atoms with Gasteiger partial charge in [-0.15, -0.1) is 0 Å². The van der Waals surface area contributed by atoms with Crippen LogP contribution in [-0.2, 0) is 4.74 Å². The summed E-state index contributed by atoms with van der Waals surface area (Å²) in [6.07, 6.45) is 4.92. The summed E-state index contributed by atoms with van der Waals surface area (Å²) >= 11 is 0. The number of hydrogen-bond acceptors (Lipinski definition) is 4. The summed E-state index contributed by atoms with van der Waals surface area (Å²) in [5.74, 6) is 1.97. The quantitative estimate of drug-likeness (QED) is 0.902. The van der Waals surface area contributed by atoms with Crippen LogP contribution in [0.5, 0.6) is 0 Å². The minimum absolute atomic E-state index is 0.0195. The summed E-state index contributed by atoms with van der Waals surface area (Å²) in [5, 5.41) is 7.12.